The van der Waals surface area contributed by atoms with Crippen molar-refractivity contribution >= 4 is 16.1 Å². The first-order valence-electron chi connectivity index (χ1n) is 8.87. The summed E-state index contributed by atoms with van der Waals surface area (Å²) in [5.41, 5.74) is 2.39. The number of nitrogens with one attached hydrogen (secondary N) is 1. The lowest BCUT2D eigenvalue weighted by atomic mass is 9.97. The highest BCUT2D eigenvalue weighted by molar-refractivity contribution is 7.86. The summed E-state index contributed by atoms with van der Waals surface area (Å²) in [6.45, 7) is 5.67. The standard InChI is InChI=1S/C18H29N3O4S/c1-14-5-6-17(13-15(14)2)25-12-9-19-18(22)16-7-10-21(11-8-16)26(23,24)20(3)4/h5-6,13,16H,7-12H2,1-4H3,(H,19,22). The molecule has 146 valence electrons. The van der Waals surface area contributed by atoms with Crippen LogP contribution < -0.4 is 10.1 Å². The maximum absolute atomic E-state index is 12.3. The molecule has 0 saturated carbocycles. The lowest BCUT2D eigenvalue weighted by Gasteiger charge is -2.32. The molecule has 7 nitrogen and oxygen atoms in total. The van der Waals surface area contributed by atoms with Gasteiger partial charge in [0.2, 0.25) is 5.91 Å². The van der Waals surface area contributed by atoms with Gasteiger partial charge in [-0.1, -0.05) is 6.07 Å². The highest BCUT2D eigenvalue weighted by Gasteiger charge is 2.31. The second-order valence-corrected chi connectivity index (χ2v) is 8.99. The molecule has 2 rings (SSSR count). The molecule has 1 amide bonds. The van der Waals surface area contributed by atoms with E-state index in [1.165, 1.54) is 33.8 Å². The van der Waals surface area contributed by atoms with Crippen LogP contribution in [-0.4, -0.2) is 63.3 Å². The van der Waals surface area contributed by atoms with E-state index in [0.717, 1.165) is 5.75 Å². The second kappa shape index (κ2) is 8.83. The first kappa shape index (κ1) is 20.7. The van der Waals surface area contributed by atoms with Crippen LogP contribution in [0.3, 0.4) is 0 Å². The molecule has 1 saturated heterocycles. The van der Waals surface area contributed by atoms with Gasteiger partial charge in [0.1, 0.15) is 12.4 Å². The average molecular weight is 384 g/mol. The number of piperidine rings is 1. The van der Waals surface area contributed by atoms with E-state index in [0.29, 0.717) is 39.1 Å². The van der Waals surface area contributed by atoms with Gasteiger partial charge in [0, 0.05) is 33.1 Å². The zero-order chi connectivity index (χ0) is 19.3. The van der Waals surface area contributed by atoms with Crippen LogP contribution in [0.15, 0.2) is 18.2 Å². The molecule has 1 N–H and O–H groups in total. The topological polar surface area (TPSA) is 79.0 Å². The number of hydrogen-bond donors (Lipinski definition) is 1. The molecule has 0 spiro atoms. The Labute approximate surface area is 156 Å². The second-order valence-electron chi connectivity index (χ2n) is 6.85. The summed E-state index contributed by atoms with van der Waals surface area (Å²) in [5.74, 6) is 0.616. The Morgan fingerprint density at radius 1 is 1.23 bits per heavy atom. The number of amides is 1. The number of ether oxygens (including phenoxy) is 1. The maximum atomic E-state index is 12.3. The number of nitrogens with zero attached hydrogens (tertiary/aromatic N) is 2. The van der Waals surface area contributed by atoms with E-state index in [2.05, 4.69) is 12.2 Å². The molecule has 1 aliphatic heterocycles. The SMILES string of the molecule is Cc1ccc(OCCNC(=O)C2CCN(S(=O)(=O)N(C)C)CC2)cc1C. The molecule has 1 aromatic rings. The summed E-state index contributed by atoms with van der Waals surface area (Å²) in [5, 5.41) is 2.88. The molecular formula is C18H29N3O4S. The van der Waals surface area contributed by atoms with Crippen LogP contribution in [0.1, 0.15) is 24.0 Å². The fourth-order valence-corrected chi connectivity index (χ4v) is 4.00. The molecule has 1 heterocycles. The Morgan fingerprint density at radius 3 is 2.46 bits per heavy atom. The van der Waals surface area contributed by atoms with Crippen molar-refractivity contribution in [1.82, 2.24) is 13.9 Å². The summed E-state index contributed by atoms with van der Waals surface area (Å²) >= 11 is 0. The zero-order valence-corrected chi connectivity index (χ0v) is 16.8. The van der Waals surface area contributed by atoms with Gasteiger partial charge in [0.05, 0.1) is 6.54 Å². The van der Waals surface area contributed by atoms with Crippen molar-refractivity contribution in [3.8, 4) is 5.75 Å². The van der Waals surface area contributed by atoms with Crippen molar-refractivity contribution < 1.29 is 17.9 Å². The molecule has 0 unspecified atom stereocenters. The Hall–Kier alpha value is -1.64. The van der Waals surface area contributed by atoms with Gasteiger partial charge < -0.3 is 10.1 Å². The van der Waals surface area contributed by atoms with E-state index in [1.807, 2.05) is 25.1 Å². The van der Waals surface area contributed by atoms with Crippen molar-refractivity contribution in [3.63, 3.8) is 0 Å². The van der Waals surface area contributed by atoms with Crippen LogP contribution >= 0.6 is 0 Å². The van der Waals surface area contributed by atoms with Gasteiger partial charge in [-0.25, -0.2) is 0 Å². The molecule has 1 aliphatic rings. The Morgan fingerprint density at radius 2 is 1.88 bits per heavy atom. The maximum Gasteiger partial charge on any atom is 0.281 e. The number of carbonyl (C=O) groups is 1. The smallest absolute Gasteiger partial charge is 0.281 e. The van der Waals surface area contributed by atoms with Crippen LogP contribution in [0.25, 0.3) is 0 Å². The molecule has 0 bridgehead atoms. The minimum atomic E-state index is -3.39. The minimum Gasteiger partial charge on any atom is -0.492 e. The fourth-order valence-electron chi connectivity index (χ4n) is 2.87. The molecule has 1 fully saturated rings. The quantitative estimate of drug-likeness (QED) is 0.720. The van der Waals surface area contributed by atoms with Gasteiger partial charge in [0.15, 0.2) is 0 Å². The Kier molecular flexibility index (Phi) is 7.02. The number of aryl methyl sites for hydroxylation is 2. The van der Waals surface area contributed by atoms with Crippen LogP contribution in [0.4, 0.5) is 0 Å². The molecule has 0 radical (unpaired) electrons. The zero-order valence-electron chi connectivity index (χ0n) is 16.0. The molecule has 8 heteroatoms. The van der Waals surface area contributed by atoms with Crippen molar-refractivity contribution in [1.29, 1.82) is 0 Å². The summed E-state index contributed by atoms with van der Waals surface area (Å²) in [7, 11) is -0.357. The molecular weight excluding hydrogens is 354 g/mol. The fraction of sp³-hybridized carbons (Fsp3) is 0.611. The van der Waals surface area contributed by atoms with Gasteiger partial charge in [-0.05, 0) is 49.9 Å². The molecule has 0 atom stereocenters. The number of carbonyl (C=O) groups excluding carboxylic acids is 1. The molecule has 26 heavy (non-hydrogen) atoms. The Balaban J connectivity index is 1.71. The first-order valence-corrected chi connectivity index (χ1v) is 10.3. The van der Waals surface area contributed by atoms with Crippen molar-refractivity contribution in [3.05, 3.63) is 29.3 Å². The summed E-state index contributed by atoms with van der Waals surface area (Å²) in [6, 6.07) is 5.92. The van der Waals surface area contributed by atoms with E-state index in [1.54, 1.807) is 0 Å². The largest absolute Gasteiger partial charge is 0.492 e. The predicted molar refractivity (Wildman–Crippen MR) is 101 cm³/mol. The third-order valence-electron chi connectivity index (χ3n) is 4.76. The summed E-state index contributed by atoms with van der Waals surface area (Å²) < 4.78 is 32.5. The number of hydrogen-bond acceptors (Lipinski definition) is 4. The minimum absolute atomic E-state index is 0.0319. The van der Waals surface area contributed by atoms with Crippen LogP contribution in [-0.2, 0) is 15.0 Å². The van der Waals surface area contributed by atoms with Crippen molar-refractivity contribution in [2.75, 3.05) is 40.3 Å². The van der Waals surface area contributed by atoms with Gasteiger partial charge >= 0.3 is 0 Å². The lowest BCUT2D eigenvalue weighted by Crippen LogP contribution is -2.47. The van der Waals surface area contributed by atoms with E-state index >= 15 is 0 Å². The summed E-state index contributed by atoms with van der Waals surface area (Å²) in [4.78, 5) is 12.3. The van der Waals surface area contributed by atoms with E-state index in [-0.39, 0.29) is 11.8 Å². The van der Waals surface area contributed by atoms with Crippen LogP contribution in [0, 0.1) is 19.8 Å². The van der Waals surface area contributed by atoms with E-state index < -0.39 is 10.2 Å². The van der Waals surface area contributed by atoms with Crippen LogP contribution in [0.5, 0.6) is 5.75 Å². The lowest BCUT2D eigenvalue weighted by molar-refractivity contribution is -0.126. The van der Waals surface area contributed by atoms with Gasteiger partial charge in [-0.2, -0.15) is 17.0 Å². The number of rotatable bonds is 7. The third kappa shape index (κ3) is 5.18. The van der Waals surface area contributed by atoms with Gasteiger partial charge in [-0.15, -0.1) is 0 Å². The van der Waals surface area contributed by atoms with Gasteiger partial charge in [0.25, 0.3) is 10.2 Å². The molecule has 0 aromatic heterocycles. The highest BCUT2D eigenvalue weighted by Crippen LogP contribution is 2.20. The van der Waals surface area contributed by atoms with Crippen LogP contribution in [0.2, 0.25) is 0 Å². The molecule has 1 aromatic carbocycles. The van der Waals surface area contributed by atoms with Gasteiger partial charge in [-0.3, -0.25) is 4.79 Å². The third-order valence-corrected chi connectivity index (χ3v) is 6.70. The normalized spacial score (nSPS) is 16.7. The predicted octanol–water partition coefficient (Wildman–Crippen LogP) is 1.32. The first-order chi connectivity index (χ1) is 12.2. The van der Waals surface area contributed by atoms with Crippen molar-refractivity contribution in [2.24, 2.45) is 5.92 Å². The Bertz CT molecular complexity index is 726. The molecule has 0 aliphatic carbocycles. The van der Waals surface area contributed by atoms with E-state index in [9.17, 15) is 13.2 Å². The average Bonchev–Trinajstić information content (AvgIpc) is 2.61. The highest BCUT2D eigenvalue weighted by atomic mass is 32.2. The van der Waals surface area contributed by atoms with Crippen molar-refractivity contribution in [2.45, 2.75) is 26.7 Å². The number of benzene rings is 1. The van der Waals surface area contributed by atoms with E-state index in [4.69, 9.17) is 4.74 Å². The monoisotopic (exact) mass is 383 g/mol. The summed E-state index contributed by atoms with van der Waals surface area (Å²) in [6.07, 6.45) is 1.08.